The van der Waals surface area contributed by atoms with Gasteiger partial charge in [-0.05, 0) is 56.3 Å². The highest BCUT2D eigenvalue weighted by Gasteiger charge is 2.46. The summed E-state index contributed by atoms with van der Waals surface area (Å²) in [5.41, 5.74) is -0.657. The first-order chi connectivity index (χ1) is 9.24. The number of nitrogens with one attached hydrogen (secondary N) is 1. The van der Waals surface area contributed by atoms with Crippen molar-refractivity contribution in [2.45, 2.75) is 71.3 Å². The maximum atomic E-state index is 12.3. The summed E-state index contributed by atoms with van der Waals surface area (Å²) in [6.45, 7) is 6.77. The van der Waals surface area contributed by atoms with Crippen molar-refractivity contribution in [1.82, 2.24) is 5.32 Å². The van der Waals surface area contributed by atoms with Gasteiger partial charge in [0.2, 0.25) is 5.91 Å². The first-order valence-electron chi connectivity index (χ1n) is 7.80. The monoisotopic (exact) mass is 281 g/mol. The van der Waals surface area contributed by atoms with Crippen LogP contribution in [0.5, 0.6) is 0 Å². The van der Waals surface area contributed by atoms with Gasteiger partial charge in [-0.1, -0.05) is 20.8 Å². The summed E-state index contributed by atoms with van der Waals surface area (Å²) in [6, 6.07) is 0. The van der Waals surface area contributed by atoms with E-state index in [2.05, 4.69) is 26.1 Å². The predicted molar refractivity (Wildman–Crippen MR) is 77.3 cm³/mol. The van der Waals surface area contributed by atoms with Crippen molar-refractivity contribution < 1.29 is 14.7 Å². The predicted octanol–water partition coefficient (Wildman–Crippen LogP) is 2.96. The Bertz CT molecular complexity index is 385. The first kappa shape index (κ1) is 15.3. The van der Waals surface area contributed by atoms with Gasteiger partial charge >= 0.3 is 5.97 Å². The number of carbonyl (C=O) groups excluding carboxylic acids is 1. The van der Waals surface area contributed by atoms with E-state index in [9.17, 15) is 14.7 Å². The molecule has 2 rings (SSSR count). The zero-order chi connectivity index (χ0) is 15.0. The highest BCUT2D eigenvalue weighted by molar-refractivity contribution is 5.88. The summed E-state index contributed by atoms with van der Waals surface area (Å²) < 4.78 is 0. The molecule has 0 spiro atoms. The molecule has 0 aromatic carbocycles. The van der Waals surface area contributed by atoms with Gasteiger partial charge in [0, 0.05) is 5.92 Å². The molecule has 2 fully saturated rings. The molecule has 4 heteroatoms. The standard InChI is InChI=1S/C16H27NO3/c1-15(2,3)12-7-5-11(6-8-12)13(18)17-16(14(19)20)9-4-10-16/h11-12H,4-10H2,1-3H3,(H,17,18)(H,19,20). The maximum Gasteiger partial charge on any atom is 0.329 e. The molecule has 0 aromatic rings. The molecule has 0 saturated heterocycles. The van der Waals surface area contributed by atoms with Crippen LogP contribution in [0, 0.1) is 17.3 Å². The third-order valence-electron chi connectivity index (χ3n) is 5.30. The number of amides is 1. The Kier molecular flexibility index (Phi) is 4.12. The largest absolute Gasteiger partial charge is 0.480 e. The molecule has 0 aromatic heterocycles. The Morgan fingerprint density at radius 1 is 1.10 bits per heavy atom. The maximum absolute atomic E-state index is 12.3. The molecule has 2 saturated carbocycles. The van der Waals surface area contributed by atoms with Crippen LogP contribution in [0.3, 0.4) is 0 Å². The van der Waals surface area contributed by atoms with Crippen LogP contribution < -0.4 is 5.32 Å². The molecule has 0 unspecified atom stereocenters. The number of carbonyl (C=O) groups is 2. The van der Waals surface area contributed by atoms with Crippen LogP contribution >= 0.6 is 0 Å². The Morgan fingerprint density at radius 2 is 1.65 bits per heavy atom. The molecule has 1 amide bonds. The molecule has 20 heavy (non-hydrogen) atoms. The molecule has 4 nitrogen and oxygen atoms in total. The van der Waals surface area contributed by atoms with Gasteiger partial charge in [-0.15, -0.1) is 0 Å². The minimum atomic E-state index is -0.960. The number of carboxylic acids is 1. The lowest BCUT2D eigenvalue weighted by Crippen LogP contribution is -2.60. The third kappa shape index (κ3) is 2.99. The van der Waals surface area contributed by atoms with E-state index in [0.29, 0.717) is 24.2 Å². The lowest BCUT2D eigenvalue weighted by atomic mass is 9.69. The van der Waals surface area contributed by atoms with Crippen molar-refractivity contribution >= 4 is 11.9 Å². The Labute approximate surface area is 121 Å². The molecule has 0 atom stereocenters. The zero-order valence-electron chi connectivity index (χ0n) is 12.9. The van der Waals surface area contributed by atoms with Crippen LogP contribution in [0.25, 0.3) is 0 Å². The average Bonchev–Trinajstić information content (AvgIpc) is 2.32. The SMILES string of the molecule is CC(C)(C)C1CCC(C(=O)NC2(C(=O)O)CCC2)CC1. The van der Waals surface area contributed by atoms with Crippen LogP contribution in [0.1, 0.15) is 65.7 Å². The molecule has 0 heterocycles. The summed E-state index contributed by atoms with van der Waals surface area (Å²) in [6.07, 6.45) is 5.97. The fourth-order valence-corrected chi connectivity index (χ4v) is 3.48. The Morgan fingerprint density at radius 3 is 2.00 bits per heavy atom. The highest BCUT2D eigenvalue weighted by atomic mass is 16.4. The molecule has 0 bridgehead atoms. The van der Waals surface area contributed by atoms with E-state index in [-0.39, 0.29) is 11.8 Å². The second kappa shape index (κ2) is 5.38. The van der Waals surface area contributed by atoms with Gasteiger partial charge in [0.25, 0.3) is 0 Å². The van der Waals surface area contributed by atoms with Gasteiger partial charge in [-0.3, -0.25) is 4.79 Å². The van der Waals surface area contributed by atoms with Crippen LogP contribution in [0.4, 0.5) is 0 Å². The summed E-state index contributed by atoms with van der Waals surface area (Å²) in [5, 5.41) is 12.1. The average molecular weight is 281 g/mol. The molecule has 0 aliphatic heterocycles. The number of carboxylic acid groups (broad SMARTS) is 1. The molecular formula is C16H27NO3. The normalized spacial score (nSPS) is 29.4. The van der Waals surface area contributed by atoms with Gasteiger partial charge in [-0.25, -0.2) is 4.79 Å². The topological polar surface area (TPSA) is 66.4 Å². The summed E-state index contributed by atoms with van der Waals surface area (Å²) in [7, 11) is 0. The molecular weight excluding hydrogens is 254 g/mol. The van der Waals surface area contributed by atoms with Crippen molar-refractivity contribution in [3.8, 4) is 0 Å². The number of hydrogen-bond donors (Lipinski definition) is 2. The minimum absolute atomic E-state index is 0.00502. The van der Waals surface area contributed by atoms with Crippen LogP contribution in [-0.4, -0.2) is 22.5 Å². The highest BCUT2D eigenvalue weighted by Crippen LogP contribution is 2.40. The Hall–Kier alpha value is -1.06. The number of aliphatic carboxylic acids is 1. The molecule has 114 valence electrons. The van der Waals surface area contributed by atoms with Crippen molar-refractivity contribution in [1.29, 1.82) is 0 Å². The lowest BCUT2D eigenvalue weighted by Gasteiger charge is -2.41. The van der Waals surface area contributed by atoms with Crippen molar-refractivity contribution in [3.63, 3.8) is 0 Å². The quantitative estimate of drug-likeness (QED) is 0.835. The van der Waals surface area contributed by atoms with Crippen LogP contribution in [0.15, 0.2) is 0 Å². The van der Waals surface area contributed by atoms with Crippen LogP contribution in [-0.2, 0) is 9.59 Å². The summed E-state index contributed by atoms with van der Waals surface area (Å²) in [5.74, 6) is -0.242. The van der Waals surface area contributed by atoms with E-state index in [1.165, 1.54) is 0 Å². The van der Waals surface area contributed by atoms with E-state index in [1.54, 1.807) is 0 Å². The number of rotatable bonds is 3. The molecule has 2 N–H and O–H groups in total. The van der Waals surface area contributed by atoms with Gasteiger partial charge in [0.05, 0.1) is 0 Å². The van der Waals surface area contributed by atoms with Gasteiger partial charge in [-0.2, -0.15) is 0 Å². The zero-order valence-corrected chi connectivity index (χ0v) is 12.9. The fourth-order valence-electron chi connectivity index (χ4n) is 3.48. The van der Waals surface area contributed by atoms with Crippen LogP contribution in [0.2, 0.25) is 0 Å². The molecule has 0 radical (unpaired) electrons. The smallest absolute Gasteiger partial charge is 0.329 e. The van der Waals surface area contributed by atoms with E-state index >= 15 is 0 Å². The van der Waals surface area contributed by atoms with Crippen molar-refractivity contribution in [3.05, 3.63) is 0 Å². The van der Waals surface area contributed by atoms with E-state index in [1.807, 2.05) is 0 Å². The van der Waals surface area contributed by atoms with E-state index in [4.69, 9.17) is 0 Å². The van der Waals surface area contributed by atoms with Gasteiger partial charge < -0.3 is 10.4 Å². The minimum Gasteiger partial charge on any atom is -0.480 e. The third-order valence-corrected chi connectivity index (χ3v) is 5.30. The second-order valence-electron chi connectivity index (χ2n) is 7.64. The fraction of sp³-hybridized carbons (Fsp3) is 0.875. The first-order valence-corrected chi connectivity index (χ1v) is 7.80. The van der Waals surface area contributed by atoms with Gasteiger partial charge in [0.15, 0.2) is 0 Å². The Balaban J connectivity index is 1.88. The van der Waals surface area contributed by atoms with Gasteiger partial charge in [0.1, 0.15) is 5.54 Å². The van der Waals surface area contributed by atoms with Crippen molar-refractivity contribution in [2.75, 3.05) is 0 Å². The lowest BCUT2D eigenvalue weighted by molar-refractivity contribution is -0.152. The number of hydrogen-bond acceptors (Lipinski definition) is 2. The van der Waals surface area contributed by atoms with E-state index in [0.717, 1.165) is 32.1 Å². The summed E-state index contributed by atoms with van der Waals surface area (Å²) in [4.78, 5) is 23.6. The second-order valence-corrected chi connectivity index (χ2v) is 7.64. The van der Waals surface area contributed by atoms with Crippen molar-refractivity contribution in [2.24, 2.45) is 17.3 Å². The molecule has 2 aliphatic carbocycles. The van der Waals surface area contributed by atoms with E-state index < -0.39 is 11.5 Å². The molecule has 2 aliphatic rings. The summed E-state index contributed by atoms with van der Waals surface area (Å²) >= 11 is 0.